The highest BCUT2D eigenvalue weighted by Crippen LogP contribution is 2.40. The number of hydrogen-bond donors (Lipinski definition) is 2. The summed E-state index contributed by atoms with van der Waals surface area (Å²) >= 11 is 0. The van der Waals surface area contributed by atoms with Crippen molar-refractivity contribution in [2.24, 2.45) is 0 Å². The Morgan fingerprint density at radius 3 is 2.50 bits per heavy atom. The van der Waals surface area contributed by atoms with Crippen LogP contribution in [0.3, 0.4) is 0 Å². The van der Waals surface area contributed by atoms with Crippen molar-refractivity contribution in [3.8, 4) is 5.75 Å². The van der Waals surface area contributed by atoms with E-state index in [1.54, 1.807) is 37.1 Å². The summed E-state index contributed by atoms with van der Waals surface area (Å²) in [6, 6.07) is 18.2. The van der Waals surface area contributed by atoms with Crippen LogP contribution in [0.1, 0.15) is 34.0 Å². The SMILES string of the molecule is CCOC(=O)c1ccc2c(c1)NC(=O)/C2=C(\Nc1ccc(N(C)C(=O)CN2CCN(C)CC2)cc1)c1ccc2c(c1)OOC2. The number of carbonyl (C=O) groups is 3. The molecule has 3 aromatic carbocycles. The first-order valence-corrected chi connectivity index (χ1v) is 14.6. The molecule has 2 amide bonds. The maximum absolute atomic E-state index is 13.4. The van der Waals surface area contributed by atoms with E-state index in [0.717, 1.165) is 43.1 Å². The molecular weight excluding hydrogens is 562 g/mol. The molecule has 3 aliphatic heterocycles. The van der Waals surface area contributed by atoms with Crippen LogP contribution >= 0.6 is 0 Å². The van der Waals surface area contributed by atoms with Crippen molar-refractivity contribution in [2.75, 3.05) is 69.0 Å². The first-order valence-electron chi connectivity index (χ1n) is 14.6. The lowest BCUT2D eigenvalue weighted by Gasteiger charge is -2.32. The van der Waals surface area contributed by atoms with Gasteiger partial charge in [-0.25, -0.2) is 4.79 Å². The average Bonchev–Trinajstić information content (AvgIpc) is 3.63. The molecule has 1 fully saturated rings. The molecule has 0 atom stereocenters. The minimum Gasteiger partial charge on any atom is -0.462 e. The average molecular weight is 598 g/mol. The fourth-order valence-electron chi connectivity index (χ4n) is 5.46. The predicted molar refractivity (Wildman–Crippen MR) is 167 cm³/mol. The van der Waals surface area contributed by atoms with Crippen LogP contribution in [-0.4, -0.2) is 81.0 Å². The number of hydrogen-bond acceptors (Lipinski definition) is 9. The van der Waals surface area contributed by atoms with Crippen molar-refractivity contribution < 1.29 is 28.9 Å². The third-order valence-corrected chi connectivity index (χ3v) is 8.10. The first kappa shape index (κ1) is 29.4. The summed E-state index contributed by atoms with van der Waals surface area (Å²) in [4.78, 5) is 55.4. The van der Waals surface area contributed by atoms with Crippen LogP contribution in [-0.2, 0) is 25.8 Å². The highest BCUT2D eigenvalue weighted by molar-refractivity contribution is 6.37. The predicted octanol–water partition coefficient (Wildman–Crippen LogP) is 3.83. The number of nitrogens with one attached hydrogen (secondary N) is 2. The zero-order chi connectivity index (χ0) is 30.8. The van der Waals surface area contributed by atoms with Gasteiger partial charge in [0.05, 0.1) is 35.7 Å². The van der Waals surface area contributed by atoms with E-state index in [-0.39, 0.29) is 18.4 Å². The van der Waals surface area contributed by atoms with Crippen LogP contribution < -0.4 is 20.4 Å². The Bertz CT molecular complexity index is 1630. The molecular formula is C33H35N5O6. The maximum Gasteiger partial charge on any atom is 0.338 e. The second-order valence-corrected chi connectivity index (χ2v) is 11.1. The normalized spacial score (nSPS) is 17.3. The monoisotopic (exact) mass is 597 g/mol. The van der Waals surface area contributed by atoms with Gasteiger partial charge in [-0.15, -0.1) is 0 Å². The van der Waals surface area contributed by atoms with Crippen molar-refractivity contribution in [1.82, 2.24) is 9.80 Å². The van der Waals surface area contributed by atoms with Crippen LogP contribution in [0.15, 0.2) is 60.7 Å². The Balaban J connectivity index is 1.29. The number of ether oxygens (including phenoxy) is 1. The van der Waals surface area contributed by atoms with E-state index in [9.17, 15) is 14.4 Å². The fourth-order valence-corrected chi connectivity index (χ4v) is 5.46. The Morgan fingerprint density at radius 1 is 1.00 bits per heavy atom. The van der Waals surface area contributed by atoms with Gasteiger partial charge in [-0.05, 0) is 56.4 Å². The van der Waals surface area contributed by atoms with E-state index in [0.29, 0.717) is 52.5 Å². The van der Waals surface area contributed by atoms with Gasteiger partial charge in [0.1, 0.15) is 6.61 Å². The number of benzene rings is 3. The number of esters is 1. The van der Waals surface area contributed by atoms with Crippen molar-refractivity contribution in [3.05, 3.63) is 82.9 Å². The van der Waals surface area contributed by atoms with Crippen LogP contribution in [0.25, 0.3) is 11.3 Å². The third-order valence-electron chi connectivity index (χ3n) is 8.10. The molecule has 11 nitrogen and oxygen atoms in total. The number of piperazine rings is 1. The summed E-state index contributed by atoms with van der Waals surface area (Å²) in [5.74, 6) is -0.162. The Morgan fingerprint density at radius 2 is 1.75 bits per heavy atom. The van der Waals surface area contributed by atoms with E-state index in [4.69, 9.17) is 14.5 Å². The number of carbonyl (C=O) groups excluding carboxylic acids is 3. The summed E-state index contributed by atoms with van der Waals surface area (Å²) in [6.45, 7) is 6.36. The molecule has 0 bridgehead atoms. The molecule has 2 N–H and O–H groups in total. The Kier molecular flexibility index (Phi) is 8.34. The van der Waals surface area contributed by atoms with Crippen LogP contribution in [0.2, 0.25) is 0 Å². The van der Waals surface area contributed by atoms with E-state index < -0.39 is 5.97 Å². The van der Waals surface area contributed by atoms with Gasteiger partial charge in [0.2, 0.25) is 5.91 Å². The fraction of sp³-hybridized carbons (Fsp3) is 0.303. The Labute approximate surface area is 255 Å². The summed E-state index contributed by atoms with van der Waals surface area (Å²) in [5.41, 5.74) is 5.59. The molecule has 228 valence electrons. The molecule has 0 spiro atoms. The van der Waals surface area contributed by atoms with Gasteiger partial charge in [0, 0.05) is 61.3 Å². The van der Waals surface area contributed by atoms with Gasteiger partial charge in [-0.1, -0.05) is 18.2 Å². The minimum absolute atomic E-state index is 0.0276. The number of anilines is 3. The largest absolute Gasteiger partial charge is 0.462 e. The zero-order valence-corrected chi connectivity index (χ0v) is 25.0. The molecule has 0 aliphatic carbocycles. The molecule has 6 rings (SSSR count). The Hall–Kier alpha value is -4.71. The molecule has 1 saturated heterocycles. The number of likely N-dealkylation sites (N-methyl/N-ethyl adjacent to an activating group) is 2. The smallest absolute Gasteiger partial charge is 0.338 e. The standard InChI is InChI=1S/C33H35N5O6/c1-4-42-33(41)22-7-12-26-27(17-22)35-32(40)30(26)31(21-5-6-23-20-43-44-28(23)18-21)34-24-8-10-25(11-9-24)37(3)29(39)19-38-15-13-36(2)14-16-38/h5-12,17-18,34H,4,13-16,19-20H2,1-3H3,(H,35,40)/b31-30-. The van der Waals surface area contributed by atoms with Crippen LogP contribution in [0.5, 0.6) is 5.75 Å². The van der Waals surface area contributed by atoms with Gasteiger partial charge in [0.15, 0.2) is 5.75 Å². The topological polar surface area (TPSA) is 113 Å². The molecule has 3 aromatic rings. The van der Waals surface area contributed by atoms with Gasteiger partial charge in [-0.3, -0.25) is 14.5 Å². The quantitative estimate of drug-likeness (QED) is 0.227. The van der Waals surface area contributed by atoms with Gasteiger partial charge in [0.25, 0.3) is 5.91 Å². The number of fused-ring (bicyclic) bond motifs is 2. The second-order valence-electron chi connectivity index (χ2n) is 11.1. The van der Waals surface area contributed by atoms with E-state index in [2.05, 4.69) is 27.5 Å². The molecule has 3 aliphatic rings. The summed E-state index contributed by atoms with van der Waals surface area (Å²) in [7, 11) is 3.87. The molecule has 0 aromatic heterocycles. The van der Waals surface area contributed by atoms with E-state index >= 15 is 0 Å². The third kappa shape index (κ3) is 6.02. The number of nitrogens with zero attached hydrogens (tertiary/aromatic N) is 3. The number of rotatable bonds is 8. The van der Waals surface area contributed by atoms with Gasteiger partial charge in [-0.2, -0.15) is 4.89 Å². The van der Waals surface area contributed by atoms with Crippen molar-refractivity contribution >= 4 is 46.1 Å². The highest BCUT2D eigenvalue weighted by atomic mass is 17.2. The molecule has 0 unspecified atom stereocenters. The zero-order valence-electron chi connectivity index (χ0n) is 25.0. The summed E-state index contributed by atoms with van der Waals surface area (Å²) in [5, 5.41) is 6.33. The highest BCUT2D eigenvalue weighted by Gasteiger charge is 2.30. The van der Waals surface area contributed by atoms with Crippen molar-refractivity contribution in [3.63, 3.8) is 0 Å². The first-order chi connectivity index (χ1) is 21.3. The lowest BCUT2D eigenvalue weighted by Crippen LogP contribution is -2.48. The lowest BCUT2D eigenvalue weighted by molar-refractivity contribution is -0.194. The molecule has 44 heavy (non-hydrogen) atoms. The van der Waals surface area contributed by atoms with E-state index in [1.165, 1.54) is 0 Å². The van der Waals surface area contributed by atoms with Crippen LogP contribution in [0, 0.1) is 0 Å². The molecule has 3 heterocycles. The van der Waals surface area contributed by atoms with Crippen LogP contribution in [0.4, 0.5) is 17.1 Å². The molecule has 0 radical (unpaired) electrons. The lowest BCUT2D eigenvalue weighted by atomic mass is 9.98. The van der Waals surface area contributed by atoms with Crippen molar-refractivity contribution in [1.29, 1.82) is 0 Å². The molecule has 0 saturated carbocycles. The second kappa shape index (κ2) is 12.5. The maximum atomic E-state index is 13.4. The minimum atomic E-state index is -0.455. The van der Waals surface area contributed by atoms with E-state index in [1.807, 2.05) is 42.5 Å². The van der Waals surface area contributed by atoms with Crippen molar-refractivity contribution in [2.45, 2.75) is 13.5 Å². The van der Waals surface area contributed by atoms with Gasteiger partial charge < -0.3 is 30.1 Å². The summed E-state index contributed by atoms with van der Waals surface area (Å²) in [6.07, 6.45) is 0. The number of amides is 2. The molecule has 11 heteroatoms. The van der Waals surface area contributed by atoms with Gasteiger partial charge >= 0.3 is 5.97 Å². The summed E-state index contributed by atoms with van der Waals surface area (Å²) < 4.78 is 5.13.